The number of pyridine rings is 1. The number of aliphatic carboxylic acids is 1. The van der Waals surface area contributed by atoms with E-state index in [1.165, 1.54) is 6.20 Å². The van der Waals surface area contributed by atoms with E-state index in [0.29, 0.717) is 11.4 Å². The highest BCUT2D eigenvalue weighted by molar-refractivity contribution is 5.73. The lowest BCUT2D eigenvalue weighted by molar-refractivity contribution is -0.192. The van der Waals surface area contributed by atoms with Crippen molar-refractivity contribution in [3.8, 4) is 17.7 Å². The predicted octanol–water partition coefficient (Wildman–Crippen LogP) is 3.28. The van der Waals surface area contributed by atoms with E-state index in [1.807, 2.05) is 30.3 Å². The minimum Gasteiger partial charge on any atom is -0.475 e. The monoisotopic (exact) mass is 322 g/mol. The molecule has 0 atom stereocenters. The number of hydrogen-bond donors (Lipinski definition) is 1. The van der Waals surface area contributed by atoms with Crippen LogP contribution in [-0.2, 0) is 11.2 Å². The molecule has 23 heavy (non-hydrogen) atoms. The molecule has 1 aromatic carbocycles. The molecule has 8 heteroatoms. The van der Waals surface area contributed by atoms with Crippen molar-refractivity contribution in [1.29, 1.82) is 5.26 Å². The Morgan fingerprint density at radius 2 is 1.96 bits per heavy atom. The van der Waals surface area contributed by atoms with Gasteiger partial charge >= 0.3 is 12.1 Å². The number of para-hydroxylation sites is 1. The van der Waals surface area contributed by atoms with Crippen LogP contribution in [0.5, 0.6) is 11.6 Å². The Labute approximate surface area is 128 Å². The van der Waals surface area contributed by atoms with Gasteiger partial charge in [-0.3, -0.25) is 0 Å². The third kappa shape index (κ3) is 3.97. The summed E-state index contributed by atoms with van der Waals surface area (Å²) in [6.07, 6.45) is -2.78. The van der Waals surface area contributed by atoms with E-state index in [-0.39, 0.29) is 0 Å². The number of aromatic nitrogens is 1. The zero-order valence-corrected chi connectivity index (χ0v) is 11.5. The van der Waals surface area contributed by atoms with Crippen LogP contribution in [0.25, 0.3) is 0 Å². The average Bonchev–Trinajstić information content (AvgIpc) is 2.52. The van der Waals surface area contributed by atoms with Gasteiger partial charge in [0.05, 0.1) is 5.56 Å². The van der Waals surface area contributed by atoms with E-state index < -0.39 is 12.1 Å². The number of halogens is 3. The van der Waals surface area contributed by atoms with Crippen molar-refractivity contribution >= 4 is 5.97 Å². The van der Waals surface area contributed by atoms with Crippen LogP contribution in [0.1, 0.15) is 16.7 Å². The van der Waals surface area contributed by atoms with E-state index in [1.54, 1.807) is 0 Å². The number of ether oxygens (including phenoxy) is 1. The summed E-state index contributed by atoms with van der Waals surface area (Å²) >= 11 is 0. The van der Waals surface area contributed by atoms with Gasteiger partial charge in [0, 0.05) is 18.2 Å². The summed E-state index contributed by atoms with van der Waals surface area (Å²) in [6, 6.07) is 11.8. The topological polar surface area (TPSA) is 83.2 Å². The van der Waals surface area contributed by atoms with Gasteiger partial charge in [-0.05, 0) is 17.7 Å². The van der Waals surface area contributed by atoms with E-state index >= 15 is 0 Å². The number of carboxylic acid groups (broad SMARTS) is 1. The van der Waals surface area contributed by atoms with Gasteiger partial charge in [0.1, 0.15) is 11.8 Å². The number of carbonyl (C=O) groups is 1. The van der Waals surface area contributed by atoms with Crippen LogP contribution in [-0.4, -0.2) is 22.2 Å². The van der Waals surface area contributed by atoms with Crippen molar-refractivity contribution in [2.24, 2.45) is 0 Å². The van der Waals surface area contributed by atoms with Crippen molar-refractivity contribution in [2.75, 3.05) is 0 Å². The smallest absolute Gasteiger partial charge is 0.475 e. The third-order valence-corrected chi connectivity index (χ3v) is 2.86. The molecular weight excluding hydrogens is 313 g/mol. The number of carboxylic acids is 1. The number of nitriles is 1. The maximum atomic E-state index is 10.6. The van der Waals surface area contributed by atoms with Crippen molar-refractivity contribution in [2.45, 2.75) is 12.6 Å². The third-order valence-electron chi connectivity index (χ3n) is 2.86. The first-order valence-corrected chi connectivity index (χ1v) is 6.26. The quantitative estimate of drug-likeness (QED) is 0.686. The van der Waals surface area contributed by atoms with Gasteiger partial charge in [0.25, 0.3) is 0 Å². The molecule has 0 saturated carbocycles. The van der Waals surface area contributed by atoms with Crippen molar-refractivity contribution in [3.63, 3.8) is 0 Å². The van der Waals surface area contributed by atoms with Crippen LogP contribution in [0.2, 0.25) is 0 Å². The van der Waals surface area contributed by atoms with Crippen molar-refractivity contribution in [3.05, 3.63) is 53.2 Å². The molecule has 1 N–H and O–H groups in total. The number of nitrogens with zero attached hydrogens (tertiary/aromatic N) is 2. The lowest BCUT2D eigenvalue weighted by Crippen LogP contribution is -2.21. The highest BCUT2D eigenvalue weighted by Crippen LogP contribution is 2.34. The summed E-state index contributed by atoms with van der Waals surface area (Å²) in [7, 11) is 0. The predicted molar refractivity (Wildman–Crippen MR) is 72.0 cm³/mol. The fourth-order valence-corrected chi connectivity index (χ4v) is 1.84. The molecule has 2 aromatic rings. The molecule has 5 nitrogen and oxygen atoms in total. The molecule has 0 spiro atoms. The molecule has 1 aliphatic heterocycles. The van der Waals surface area contributed by atoms with Crippen LogP contribution in [0.4, 0.5) is 13.2 Å². The Hall–Kier alpha value is -3.08. The molecule has 0 amide bonds. The summed E-state index contributed by atoms with van der Waals surface area (Å²) < 4.78 is 37.4. The van der Waals surface area contributed by atoms with E-state index in [4.69, 9.17) is 19.9 Å². The molecule has 0 aliphatic carbocycles. The van der Waals surface area contributed by atoms with Crippen LogP contribution in [0, 0.1) is 11.3 Å². The molecule has 0 bridgehead atoms. The van der Waals surface area contributed by atoms with Crippen molar-refractivity contribution < 1.29 is 27.8 Å². The molecule has 0 radical (unpaired) electrons. The molecular formula is C15H9F3N2O3. The number of alkyl halides is 3. The van der Waals surface area contributed by atoms with Crippen LogP contribution in [0.15, 0.2) is 36.5 Å². The minimum atomic E-state index is -5.08. The Morgan fingerprint density at radius 3 is 2.57 bits per heavy atom. The van der Waals surface area contributed by atoms with E-state index in [2.05, 4.69) is 11.1 Å². The van der Waals surface area contributed by atoms with E-state index in [9.17, 15) is 13.2 Å². The molecule has 0 unspecified atom stereocenters. The van der Waals surface area contributed by atoms with Gasteiger partial charge < -0.3 is 9.84 Å². The number of rotatable bonds is 0. The van der Waals surface area contributed by atoms with Crippen LogP contribution < -0.4 is 4.74 Å². The van der Waals surface area contributed by atoms with Gasteiger partial charge in [0.2, 0.25) is 5.88 Å². The van der Waals surface area contributed by atoms with Crippen molar-refractivity contribution in [1.82, 2.24) is 4.98 Å². The number of fused-ring (bicyclic) bond motifs is 2. The van der Waals surface area contributed by atoms with Gasteiger partial charge in [-0.25, -0.2) is 9.78 Å². The maximum absolute atomic E-state index is 10.6. The average molecular weight is 322 g/mol. The molecule has 0 fully saturated rings. The molecule has 3 rings (SSSR count). The van der Waals surface area contributed by atoms with Gasteiger partial charge in [0.15, 0.2) is 0 Å². The molecule has 0 saturated heterocycles. The lowest BCUT2D eigenvalue weighted by atomic mass is 10.0. The Bertz CT molecular complexity index is 782. The summed E-state index contributed by atoms with van der Waals surface area (Å²) in [5, 5.41) is 15.9. The highest BCUT2D eigenvalue weighted by atomic mass is 19.4. The van der Waals surface area contributed by atoms with Crippen LogP contribution >= 0.6 is 0 Å². The summed E-state index contributed by atoms with van der Waals surface area (Å²) in [4.78, 5) is 13.0. The second kappa shape index (κ2) is 6.36. The SMILES string of the molecule is N#Cc1cnc2c(c1)Cc1ccccc1O2.O=C(O)C(F)(F)F. The first-order valence-electron chi connectivity index (χ1n) is 6.26. The second-order valence-corrected chi connectivity index (χ2v) is 4.49. The highest BCUT2D eigenvalue weighted by Gasteiger charge is 2.38. The first-order chi connectivity index (χ1) is 10.8. The Balaban J connectivity index is 0.000000236. The zero-order chi connectivity index (χ0) is 17.0. The van der Waals surface area contributed by atoms with Crippen LogP contribution in [0.3, 0.4) is 0 Å². The maximum Gasteiger partial charge on any atom is 0.490 e. The van der Waals surface area contributed by atoms with Gasteiger partial charge in [-0.15, -0.1) is 0 Å². The zero-order valence-electron chi connectivity index (χ0n) is 11.5. The summed E-state index contributed by atoms with van der Waals surface area (Å²) in [6.45, 7) is 0. The lowest BCUT2D eigenvalue weighted by Gasteiger charge is -2.18. The minimum absolute atomic E-state index is 0.571. The fraction of sp³-hybridized carbons (Fsp3) is 0.133. The number of hydrogen-bond acceptors (Lipinski definition) is 4. The standard InChI is InChI=1S/C13H8N2O.C2HF3O2/c14-7-9-5-11-6-10-3-1-2-4-12(10)16-13(11)15-8-9;3-2(4,5)1(6)7/h1-5,8H,6H2;(H,6,7). The van der Waals surface area contributed by atoms with Gasteiger partial charge in [-0.1, -0.05) is 18.2 Å². The Kier molecular flexibility index (Phi) is 4.50. The Morgan fingerprint density at radius 1 is 1.30 bits per heavy atom. The van der Waals surface area contributed by atoms with Gasteiger partial charge in [-0.2, -0.15) is 18.4 Å². The second-order valence-electron chi connectivity index (χ2n) is 4.49. The molecule has 1 aliphatic rings. The molecule has 118 valence electrons. The number of benzene rings is 1. The first kappa shape index (κ1) is 16.3. The normalized spacial score (nSPS) is 11.7. The van der Waals surface area contributed by atoms with E-state index in [0.717, 1.165) is 23.3 Å². The largest absolute Gasteiger partial charge is 0.490 e. The fourth-order valence-electron chi connectivity index (χ4n) is 1.84. The molecule has 1 aromatic heterocycles. The summed E-state index contributed by atoms with van der Waals surface area (Å²) in [5.74, 6) is -1.29. The summed E-state index contributed by atoms with van der Waals surface area (Å²) in [5.41, 5.74) is 2.67. The molecule has 2 heterocycles.